The van der Waals surface area contributed by atoms with Gasteiger partial charge in [-0.2, -0.15) is 0 Å². The molecule has 0 aliphatic rings. The van der Waals surface area contributed by atoms with Crippen LogP contribution in [-0.2, 0) is 19.1 Å². The molecule has 1 aromatic rings. The molecular weight excluding hydrogens is 360 g/mol. The SMILES string of the molecule is COC(=O)CCCCCOc1cc(C)c(OCCCCCC(=O)OC)cc1C. The van der Waals surface area contributed by atoms with Gasteiger partial charge in [-0.05, 0) is 75.6 Å². The quantitative estimate of drug-likeness (QED) is 0.341. The van der Waals surface area contributed by atoms with Crippen LogP contribution in [0, 0.1) is 13.8 Å². The molecule has 0 aliphatic heterocycles. The molecule has 1 rings (SSSR count). The zero-order chi connectivity index (χ0) is 20.8. The molecule has 0 amide bonds. The van der Waals surface area contributed by atoms with Crippen molar-refractivity contribution in [2.24, 2.45) is 0 Å². The number of ether oxygens (including phenoxy) is 4. The molecule has 0 fully saturated rings. The fraction of sp³-hybridized carbons (Fsp3) is 0.636. The Labute approximate surface area is 168 Å². The second-order valence-corrected chi connectivity index (χ2v) is 6.85. The maximum absolute atomic E-state index is 11.1. The molecule has 1 aromatic carbocycles. The Morgan fingerprint density at radius 1 is 0.679 bits per heavy atom. The van der Waals surface area contributed by atoms with E-state index in [-0.39, 0.29) is 11.9 Å². The summed E-state index contributed by atoms with van der Waals surface area (Å²) in [7, 11) is 2.82. The lowest BCUT2D eigenvalue weighted by Gasteiger charge is -2.14. The third kappa shape index (κ3) is 9.62. The summed E-state index contributed by atoms with van der Waals surface area (Å²) in [6.45, 7) is 5.27. The first-order valence-electron chi connectivity index (χ1n) is 9.98. The molecule has 0 spiro atoms. The van der Waals surface area contributed by atoms with Crippen molar-refractivity contribution in [2.45, 2.75) is 65.2 Å². The van der Waals surface area contributed by atoms with E-state index >= 15 is 0 Å². The van der Waals surface area contributed by atoms with Crippen LogP contribution in [0.25, 0.3) is 0 Å². The molecule has 6 heteroatoms. The minimum absolute atomic E-state index is 0.161. The van der Waals surface area contributed by atoms with Gasteiger partial charge in [-0.25, -0.2) is 0 Å². The highest BCUT2D eigenvalue weighted by Crippen LogP contribution is 2.28. The van der Waals surface area contributed by atoms with Gasteiger partial charge in [0, 0.05) is 12.8 Å². The lowest BCUT2D eigenvalue weighted by atomic mass is 10.1. The third-order valence-electron chi connectivity index (χ3n) is 4.49. The molecule has 0 saturated carbocycles. The Balaban J connectivity index is 2.29. The van der Waals surface area contributed by atoms with Crippen molar-refractivity contribution in [3.05, 3.63) is 23.3 Å². The van der Waals surface area contributed by atoms with Crippen LogP contribution in [-0.4, -0.2) is 39.4 Å². The number of unbranched alkanes of at least 4 members (excludes halogenated alkanes) is 4. The van der Waals surface area contributed by atoms with Crippen LogP contribution in [0.4, 0.5) is 0 Å². The van der Waals surface area contributed by atoms with E-state index in [1.165, 1.54) is 14.2 Å². The van der Waals surface area contributed by atoms with Gasteiger partial charge in [-0.1, -0.05) is 0 Å². The van der Waals surface area contributed by atoms with Crippen LogP contribution in [0.15, 0.2) is 12.1 Å². The molecule has 6 nitrogen and oxygen atoms in total. The smallest absolute Gasteiger partial charge is 0.305 e. The summed E-state index contributed by atoms with van der Waals surface area (Å²) < 4.78 is 21.0. The summed E-state index contributed by atoms with van der Waals surface area (Å²) in [5, 5.41) is 0. The maximum atomic E-state index is 11.1. The van der Waals surface area contributed by atoms with Gasteiger partial charge < -0.3 is 18.9 Å². The monoisotopic (exact) mass is 394 g/mol. The van der Waals surface area contributed by atoms with E-state index in [0.29, 0.717) is 26.1 Å². The van der Waals surface area contributed by atoms with Crippen LogP contribution in [0.1, 0.15) is 62.5 Å². The van der Waals surface area contributed by atoms with Gasteiger partial charge in [0.25, 0.3) is 0 Å². The zero-order valence-electron chi connectivity index (χ0n) is 17.7. The molecular formula is C22H34O6. The summed E-state index contributed by atoms with van der Waals surface area (Å²) in [5.41, 5.74) is 2.08. The molecule has 158 valence electrons. The second-order valence-electron chi connectivity index (χ2n) is 6.85. The van der Waals surface area contributed by atoms with Crippen LogP contribution in [0.5, 0.6) is 11.5 Å². The van der Waals surface area contributed by atoms with E-state index in [1.54, 1.807) is 0 Å². The van der Waals surface area contributed by atoms with Crippen molar-refractivity contribution >= 4 is 11.9 Å². The van der Waals surface area contributed by atoms with Crippen LogP contribution in [0.2, 0.25) is 0 Å². The lowest BCUT2D eigenvalue weighted by molar-refractivity contribution is -0.141. The molecule has 0 saturated heterocycles. The van der Waals surface area contributed by atoms with Gasteiger partial charge in [-0.15, -0.1) is 0 Å². The van der Waals surface area contributed by atoms with E-state index in [4.69, 9.17) is 9.47 Å². The summed E-state index contributed by atoms with van der Waals surface area (Å²) in [4.78, 5) is 22.1. The number of rotatable bonds is 14. The first-order chi connectivity index (χ1) is 13.5. The van der Waals surface area contributed by atoms with Gasteiger partial charge in [0.15, 0.2) is 0 Å². The lowest BCUT2D eigenvalue weighted by Crippen LogP contribution is -2.04. The molecule has 0 atom stereocenters. The van der Waals surface area contributed by atoms with E-state index in [0.717, 1.165) is 61.2 Å². The number of esters is 2. The molecule has 0 bridgehead atoms. The second kappa shape index (κ2) is 13.9. The van der Waals surface area contributed by atoms with Crippen molar-refractivity contribution in [1.82, 2.24) is 0 Å². The number of carbonyl (C=O) groups is 2. The van der Waals surface area contributed by atoms with Crippen molar-refractivity contribution < 1.29 is 28.5 Å². The normalized spacial score (nSPS) is 10.4. The first kappa shape index (κ1) is 23.8. The Kier molecular flexibility index (Phi) is 11.8. The molecule has 0 aliphatic carbocycles. The summed E-state index contributed by atoms with van der Waals surface area (Å²) in [5.74, 6) is 1.42. The average molecular weight is 395 g/mol. The van der Waals surface area contributed by atoms with Crippen LogP contribution < -0.4 is 9.47 Å². The molecule has 0 radical (unpaired) electrons. The number of aryl methyl sites for hydroxylation is 2. The Hall–Kier alpha value is -2.24. The molecule has 28 heavy (non-hydrogen) atoms. The molecule has 0 heterocycles. The minimum atomic E-state index is -0.161. The van der Waals surface area contributed by atoms with Crippen LogP contribution in [0.3, 0.4) is 0 Å². The van der Waals surface area contributed by atoms with Crippen molar-refractivity contribution in [3.8, 4) is 11.5 Å². The van der Waals surface area contributed by atoms with Crippen molar-refractivity contribution in [1.29, 1.82) is 0 Å². The molecule has 0 aromatic heterocycles. The molecule has 0 N–H and O–H groups in total. The van der Waals surface area contributed by atoms with Crippen molar-refractivity contribution in [3.63, 3.8) is 0 Å². The Morgan fingerprint density at radius 3 is 1.43 bits per heavy atom. The maximum Gasteiger partial charge on any atom is 0.305 e. The third-order valence-corrected chi connectivity index (χ3v) is 4.49. The van der Waals surface area contributed by atoms with Gasteiger partial charge >= 0.3 is 11.9 Å². The number of methoxy groups -OCH3 is 2. The number of hydrogen-bond donors (Lipinski definition) is 0. The van der Waals surface area contributed by atoms with Gasteiger partial charge in [0.2, 0.25) is 0 Å². The van der Waals surface area contributed by atoms with E-state index < -0.39 is 0 Å². The topological polar surface area (TPSA) is 71.1 Å². The highest BCUT2D eigenvalue weighted by atomic mass is 16.5. The largest absolute Gasteiger partial charge is 0.493 e. The predicted octanol–water partition coefficient (Wildman–Crippen LogP) is 4.53. The minimum Gasteiger partial charge on any atom is -0.493 e. The van der Waals surface area contributed by atoms with E-state index in [1.807, 2.05) is 26.0 Å². The summed E-state index contributed by atoms with van der Waals surface area (Å²) >= 11 is 0. The standard InChI is InChI=1S/C22H34O6/c1-17-15-20(28-14-10-6-8-12-22(24)26-4)18(2)16-19(17)27-13-9-5-7-11-21(23)25-3/h15-16H,5-14H2,1-4H3. The zero-order valence-corrected chi connectivity index (χ0v) is 17.7. The summed E-state index contributed by atoms with van der Waals surface area (Å²) in [6, 6.07) is 4.02. The number of hydrogen-bond acceptors (Lipinski definition) is 6. The Bertz CT molecular complexity index is 558. The first-order valence-corrected chi connectivity index (χ1v) is 9.98. The fourth-order valence-corrected chi connectivity index (χ4v) is 2.74. The average Bonchev–Trinajstić information content (AvgIpc) is 2.69. The van der Waals surface area contributed by atoms with E-state index in [9.17, 15) is 9.59 Å². The van der Waals surface area contributed by atoms with Crippen molar-refractivity contribution in [2.75, 3.05) is 27.4 Å². The number of carbonyl (C=O) groups excluding carboxylic acids is 2. The predicted molar refractivity (Wildman–Crippen MR) is 108 cm³/mol. The highest BCUT2D eigenvalue weighted by Gasteiger charge is 2.07. The van der Waals surface area contributed by atoms with Gasteiger partial charge in [-0.3, -0.25) is 9.59 Å². The molecule has 0 unspecified atom stereocenters. The Morgan fingerprint density at radius 2 is 1.07 bits per heavy atom. The van der Waals surface area contributed by atoms with Crippen LogP contribution >= 0.6 is 0 Å². The van der Waals surface area contributed by atoms with Gasteiger partial charge in [0.05, 0.1) is 27.4 Å². The highest BCUT2D eigenvalue weighted by molar-refractivity contribution is 5.69. The van der Waals surface area contributed by atoms with Gasteiger partial charge in [0.1, 0.15) is 11.5 Å². The van der Waals surface area contributed by atoms with E-state index in [2.05, 4.69) is 9.47 Å². The summed E-state index contributed by atoms with van der Waals surface area (Å²) in [6.07, 6.45) is 6.24. The fourth-order valence-electron chi connectivity index (χ4n) is 2.74. The number of benzene rings is 1.